The number of aromatic nitrogens is 2. The van der Waals surface area contributed by atoms with Crippen molar-refractivity contribution in [3.63, 3.8) is 0 Å². The van der Waals surface area contributed by atoms with E-state index in [9.17, 15) is 9.59 Å². The van der Waals surface area contributed by atoms with Gasteiger partial charge in [-0.25, -0.2) is 4.98 Å². The molecule has 4 aromatic rings. The van der Waals surface area contributed by atoms with Gasteiger partial charge in [0.2, 0.25) is 5.91 Å². The summed E-state index contributed by atoms with van der Waals surface area (Å²) in [6, 6.07) is 28.3. The van der Waals surface area contributed by atoms with Crippen LogP contribution in [0.5, 0.6) is 0 Å². The van der Waals surface area contributed by atoms with Crippen LogP contribution >= 0.6 is 11.8 Å². The van der Waals surface area contributed by atoms with Crippen LogP contribution in [0.4, 0.5) is 0 Å². The Morgan fingerprint density at radius 1 is 0.925 bits per heavy atom. The number of carbonyl (C=O) groups is 1. The first-order valence-electron chi connectivity index (χ1n) is 13.8. The minimum absolute atomic E-state index is 0.00385. The molecule has 0 fully saturated rings. The van der Waals surface area contributed by atoms with E-state index in [1.54, 1.807) is 11.6 Å². The third-order valence-corrected chi connectivity index (χ3v) is 8.22. The van der Waals surface area contributed by atoms with Crippen LogP contribution in [0.1, 0.15) is 73.2 Å². The minimum atomic E-state index is -0.190. The summed E-state index contributed by atoms with van der Waals surface area (Å²) in [5.74, 6) is 0.700. The summed E-state index contributed by atoms with van der Waals surface area (Å²) >= 11 is 1.52. The molecule has 0 bridgehead atoms. The highest BCUT2D eigenvalue weighted by Crippen LogP contribution is 2.24. The molecule has 6 heteroatoms. The van der Waals surface area contributed by atoms with Crippen LogP contribution in [-0.2, 0) is 23.7 Å². The molecule has 1 amide bonds. The molecule has 5 nitrogen and oxygen atoms in total. The number of aryl methyl sites for hydroxylation is 1. The zero-order valence-corrected chi connectivity index (χ0v) is 24.9. The Bertz CT molecular complexity index is 1430. The second kappa shape index (κ2) is 13.1. The Hall–Kier alpha value is -3.64. The van der Waals surface area contributed by atoms with Gasteiger partial charge < -0.3 is 5.32 Å². The SMILES string of the molecule is Cc1nc(SCCCC(=O)NC(c2ccccc2)c2ccccc2)n(C)c(=O)c1Cc1ccc(C(C)(C)C)cc1. The largest absolute Gasteiger partial charge is 0.345 e. The summed E-state index contributed by atoms with van der Waals surface area (Å²) in [6.45, 7) is 8.49. The van der Waals surface area contributed by atoms with Gasteiger partial charge in [0.05, 0.1) is 6.04 Å². The molecule has 1 aromatic heterocycles. The first kappa shape index (κ1) is 29.3. The minimum Gasteiger partial charge on any atom is -0.345 e. The van der Waals surface area contributed by atoms with Crippen molar-refractivity contribution in [3.05, 3.63) is 129 Å². The lowest BCUT2D eigenvalue weighted by molar-refractivity contribution is -0.121. The topological polar surface area (TPSA) is 64.0 Å². The van der Waals surface area contributed by atoms with Crippen molar-refractivity contribution in [2.24, 2.45) is 7.05 Å². The van der Waals surface area contributed by atoms with Gasteiger partial charge in [-0.1, -0.05) is 117 Å². The molecule has 3 aromatic carbocycles. The van der Waals surface area contributed by atoms with Crippen LogP contribution in [-0.4, -0.2) is 21.2 Å². The van der Waals surface area contributed by atoms with Crippen LogP contribution in [0, 0.1) is 6.92 Å². The van der Waals surface area contributed by atoms with Crippen molar-refractivity contribution in [2.75, 3.05) is 5.75 Å². The van der Waals surface area contributed by atoms with Gasteiger partial charge in [-0.2, -0.15) is 0 Å². The molecule has 40 heavy (non-hydrogen) atoms. The lowest BCUT2D eigenvalue weighted by Crippen LogP contribution is -2.29. The molecule has 0 spiro atoms. The van der Waals surface area contributed by atoms with Crippen LogP contribution in [0.3, 0.4) is 0 Å². The average molecular weight is 554 g/mol. The van der Waals surface area contributed by atoms with Gasteiger partial charge in [-0.05, 0) is 41.0 Å². The lowest BCUT2D eigenvalue weighted by atomic mass is 9.86. The predicted molar refractivity (Wildman–Crippen MR) is 165 cm³/mol. The van der Waals surface area contributed by atoms with E-state index in [4.69, 9.17) is 4.98 Å². The Balaban J connectivity index is 1.35. The fraction of sp³-hybridized carbons (Fsp3) is 0.324. The Morgan fingerprint density at radius 3 is 2.05 bits per heavy atom. The molecule has 0 saturated heterocycles. The normalized spacial score (nSPS) is 11.6. The van der Waals surface area contributed by atoms with Gasteiger partial charge in [-0.3, -0.25) is 14.2 Å². The molecule has 0 saturated carbocycles. The fourth-order valence-corrected chi connectivity index (χ4v) is 5.62. The van der Waals surface area contributed by atoms with Crippen molar-refractivity contribution < 1.29 is 4.79 Å². The number of benzene rings is 3. The van der Waals surface area contributed by atoms with Crippen LogP contribution < -0.4 is 10.9 Å². The van der Waals surface area contributed by atoms with Crippen LogP contribution in [0.25, 0.3) is 0 Å². The molecule has 0 aliphatic heterocycles. The Morgan fingerprint density at radius 2 is 1.50 bits per heavy atom. The van der Waals surface area contributed by atoms with E-state index < -0.39 is 0 Å². The molecule has 1 heterocycles. The van der Waals surface area contributed by atoms with Gasteiger partial charge in [-0.15, -0.1) is 0 Å². The average Bonchev–Trinajstić information content (AvgIpc) is 2.95. The third kappa shape index (κ3) is 7.51. The van der Waals surface area contributed by atoms with Crippen LogP contribution in [0.15, 0.2) is 94.9 Å². The number of nitrogens with zero attached hydrogens (tertiary/aromatic N) is 2. The zero-order valence-electron chi connectivity index (χ0n) is 24.1. The number of thioether (sulfide) groups is 1. The molecule has 0 aliphatic carbocycles. The highest BCUT2D eigenvalue weighted by molar-refractivity contribution is 7.99. The van der Waals surface area contributed by atoms with Crippen molar-refractivity contribution in [2.45, 2.75) is 63.6 Å². The molecule has 0 radical (unpaired) electrons. The highest BCUT2D eigenvalue weighted by Gasteiger charge is 2.18. The van der Waals surface area contributed by atoms with E-state index in [0.717, 1.165) is 27.9 Å². The Kier molecular flexibility index (Phi) is 9.64. The van der Waals surface area contributed by atoms with E-state index in [-0.39, 0.29) is 22.9 Å². The van der Waals surface area contributed by atoms with Crippen molar-refractivity contribution in [1.82, 2.24) is 14.9 Å². The number of nitrogens with one attached hydrogen (secondary N) is 1. The summed E-state index contributed by atoms with van der Waals surface area (Å²) < 4.78 is 1.64. The molecule has 1 N–H and O–H groups in total. The van der Waals surface area contributed by atoms with E-state index in [1.165, 1.54) is 17.3 Å². The van der Waals surface area contributed by atoms with Crippen molar-refractivity contribution >= 4 is 17.7 Å². The Labute approximate surface area is 242 Å². The maximum Gasteiger partial charge on any atom is 0.257 e. The summed E-state index contributed by atoms with van der Waals surface area (Å²) in [5, 5.41) is 3.88. The van der Waals surface area contributed by atoms with E-state index >= 15 is 0 Å². The number of hydrogen-bond donors (Lipinski definition) is 1. The number of hydrogen-bond acceptors (Lipinski definition) is 4. The van der Waals surface area contributed by atoms with Gasteiger partial charge >= 0.3 is 0 Å². The number of carbonyl (C=O) groups excluding carboxylic acids is 1. The van der Waals surface area contributed by atoms with Crippen molar-refractivity contribution in [3.8, 4) is 0 Å². The molecule has 208 valence electrons. The van der Waals surface area contributed by atoms with E-state index in [1.807, 2.05) is 67.6 Å². The van der Waals surface area contributed by atoms with Gasteiger partial charge in [0.1, 0.15) is 0 Å². The first-order valence-corrected chi connectivity index (χ1v) is 14.8. The van der Waals surface area contributed by atoms with E-state index in [0.29, 0.717) is 30.2 Å². The fourth-order valence-electron chi connectivity index (χ4n) is 4.67. The molecular weight excluding hydrogens is 514 g/mol. The maximum absolute atomic E-state index is 13.2. The summed E-state index contributed by atoms with van der Waals surface area (Å²) in [6.07, 6.45) is 1.65. The molecule has 4 rings (SSSR count). The molecule has 0 atom stereocenters. The van der Waals surface area contributed by atoms with E-state index in [2.05, 4.69) is 50.4 Å². The molecule has 0 aliphatic rings. The van der Waals surface area contributed by atoms with Crippen LogP contribution in [0.2, 0.25) is 0 Å². The number of rotatable bonds is 10. The second-order valence-electron chi connectivity index (χ2n) is 11.2. The van der Waals surface area contributed by atoms with Gasteiger partial charge in [0, 0.05) is 36.9 Å². The van der Waals surface area contributed by atoms with Crippen molar-refractivity contribution in [1.29, 1.82) is 0 Å². The molecular formula is C34H39N3O2S. The van der Waals surface area contributed by atoms with Gasteiger partial charge in [0.25, 0.3) is 5.56 Å². The summed E-state index contributed by atoms with van der Waals surface area (Å²) in [7, 11) is 1.78. The molecule has 0 unspecified atom stereocenters. The summed E-state index contributed by atoms with van der Waals surface area (Å²) in [4.78, 5) is 30.9. The smallest absolute Gasteiger partial charge is 0.257 e. The number of amides is 1. The monoisotopic (exact) mass is 553 g/mol. The lowest BCUT2D eigenvalue weighted by Gasteiger charge is -2.20. The maximum atomic E-state index is 13.2. The first-order chi connectivity index (χ1) is 19.1. The highest BCUT2D eigenvalue weighted by atomic mass is 32.2. The van der Waals surface area contributed by atoms with Gasteiger partial charge in [0.15, 0.2) is 5.16 Å². The zero-order chi connectivity index (χ0) is 28.7. The summed E-state index contributed by atoms with van der Waals surface area (Å²) in [5.41, 5.74) is 6.05. The third-order valence-electron chi connectivity index (χ3n) is 7.10. The quantitative estimate of drug-likeness (QED) is 0.134. The second-order valence-corrected chi connectivity index (χ2v) is 12.3. The standard InChI is InChI=1S/C34H39N3O2S/c1-24-29(23-25-18-20-28(21-19-25)34(2,3)4)32(39)37(5)33(35-24)40-22-12-17-30(38)36-31(26-13-8-6-9-14-26)27-15-10-7-11-16-27/h6-11,13-16,18-21,31H,12,17,22-23H2,1-5H3,(H,36,38). The predicted octanol–water partition coefficient (Wildman–Crippen LogP) is 6.76.